The minimum atomic E-state index is 0.0402. The van der Waals surface area contributed by atoms with Gasteiger partial charge in [0, 0.05) is 27.3 Å². The van der Waals surface area contributed by atoms with E-state index in [-0.39, 0.29) is 11.7 Å². The molecule has 0 saturated heterocycles. The third kappa shape index (κ3) is 4.37. The number of hydrogen-bond acceptors (Lipinski definition) is 6. The van der Waals surface area contributed by atoms with Crippen LogP contribution in [0, 0.1) is 0 Å². The van der Waals surface area contributed by atoms with Crippen molar-refractivity contribution in [3.8, 4) is 11.5 Å². The molecule has 0 N–H and O–H groups in total. The van der Waals surface area contributed by atoms with Crippen LogP contribution in [0.15, 0.2) is 63.1 Å². The first kappa shape index (κ1) is 19.4. The number of amides is 1. The SMILES string of the molecule is CC1CCN(C(=O)CSc2nnc(-c3ccc(Cl)cc3)o2)c2ccccc2S1. The number of anilines is 1. The highest BCUT2D eigenvalue weighted by molar-refractivity contribution is 8.00. The molecule has 0 bridgehead atoms. The smallest absolute Gasteiger partial charge is 0.277 e. The Balaban J connectivity index is 1.44. The van der Waals surface area contributed by atoms with E-state index in [2.05, 4.69) is 23.2 Å². The summed E-state index contributed by atoms with van der Waals surface area (Å²) >= 11 is 8.98. The number of fused-ring (bicyclic) bond motifs is 1. The summed E-state index contributed by atoms with van der Waals surface area (Å²) < 4.78 is 5.68. The third-order valence-corrected chi connectivity index (χ3v) is 6.65. The maximum atomic E-state index is 12.9. The highest BCUT2D eigenvalue weighted by Gasteiger charge is 2.24. The number of halogens is 1. The fourth-order valence-electron chi connectivity index (χ4n) is 2.92. The van der Waals surface area contributed by atoms with E-state index in [9.17, 15) is 4.79 Å². The standard InChI is InChI=1S/C20H18ClN3O2S2/c1-13-10-11-24(16-4-2-3-5-17(16)28-13)18(25)12-27-20-23-22-19(26-20)14-6-8-15(21)9-7-14/h2-9,13H,10-12H2,1H3. The van der Waals surface area contributed by atoms with E-state index in [1.807, 2.05) is 47.0 Å². The fourth-order valence-corrected chi connectivity index (χ4v) is 4.80. The van der Waals surface area contributed by atoms with Crippen LogP contribution in [0.4, 0.5) is 5.69 Å². The Morgan fingerprint density at radius 2 is 2.04 bits per heavy atom. The summed E-state index contributed by atoms with van der Waals surface area (Å²) in [6, 6.07) is 15.3. The molecule has 5 nitrogen and oxygen atoms in total. The van der Waals surface area contributed by atoms with E-state index in [0.717, 1.165) is 22.6 Å². The van der Waals surface area contributed by atoms with Crippen LogP contribution in [-0.4, -0.2) is 33.7 Å². The van der Waals surface area contributed by atoms with Crippen molar-refractivity contribution >= 4 is 46.7 Å². The highest BCUT2D eigenvalue weighted by atomic mass is 35.5. The molecule has 4 rings (SSSR count). The summed E-state index contributed by atoms with van der Waals surface area (Å²) in [5, 5.41) is 9.61. The van der Waals surface area contributed by atoms with Crippen LogP contribution in [0.2, 0.25) is 5.02 Å². The number of carbonyl (C=O) groups excluding carboxylic acids is 1. The van der Waals surface area contributed by atoms with Crippen molar-refractivity contribution in [2.45, 2.75) is 28.7 Å². The number of rotatable bonds is 4. The number of benzene rings is 2. The van der Waals surface area contributed by atoms with Crippen LogP contribution in [-0.2, 0) is 4.79 Å². The van der Waals surface area contributed by atoms with Gasteiger partial charge in [-0.05, 0) is 42.8 Å². The molecule has 28 heavy (non-hydrogen) atoms. The highest BCUT2D eigenvalue weighted by Crippen LogP contribution is 2.37. The fraction of sp³-hybridized carbons (Fsp3) is 0.250. The predicted octanol–water partition coefficient (Wildman–Crippen LogP) is 5.40. The molecule has 1 atom stereocenters. The lowest BCUT2D eigenvalue weighted by molar-refractivity contribution is -0.116. The maximum Gasteiger partial charge on any atom is 0.277 e. The van der Waals surface area contributed by atoms with Crippen LogP contribution in [0.1, 0.15) is 13.3 Å². The molecule has 2 heterocycles. The number of thioether (sulfide) groups is 2. The Hall–Kier alpha value is -1.96. The van der Waals surface area contributed by atoms with Gasteiger partial charge in [-0.3, -0.25) is 4.79 Å². The lowest BCUT2D eigenvalue weighted by Gasteiger charge is -2.22. The molecule has 0 fully saturated rings. The minimum absolute atomic E-state index is 0.0402. The molecule has 144 valence electrons. The van der Waals surface area contributed by atoms with Gasteiger partial charge >= 0.3 is 0 Å². The van der Waals surface area contributed by atoms with E-state index >= 15 is 0 Å². The number of para-hydroxylation sites is 1. The molecule has 0 spiro atoms. The van der Waals surface area contributed by atoms with Crippen molar-refractivity contribution in [1.82, 2.24) is 10.2 Å². The van der Waals surface area contributed by atoms with Crippen LogP contribution in [0.25, 0.3) is 11.5 Å². The summed E-state index contributed by atoms with van der Waals surface area (Å²) in [5.41, 5.74) is 1.78. The van der Waals surface area contributed by atoms with Crippen molar-refractivity contribution in [2.75, 3.05) is 17.2 Å². The average Bonchev–Trinajstić information content (AvgIpc) is 3.10. The van der Waals surface area contributed by atoms with E-state index < -0.39 is 0 Å². The summed E-state index contributed by atoms with van der Waals surface area (Å²) in [6.07, 6.45) is 0.955. The Bertz CT molecular complexity index is 978. The topological polar surface area (TPSA) is 59.2 Å². The molecular weight excluding hydrogens is 414 g/mol. The number of nitrogens with zero attached hydrogens (tertiary/aromatic N) is 3. The molecule has 1 aliphatic rings. The molecule has 0 saturated carbocycles. The van der Waals surface area contributed by atoms with Gasteiger partial charge in [0.1, 0.15) is 0 Å². The van der Waals surface area contributed by atoms with Gasteiger partial charge in [0.2, 0.25) is 11.8 Å². The van der Waals surface area contributed by atoms with Gasteiger partial charge in [-0.15, -0.1) is 22.0 Å². The average molecular weight is 432 g/mol. The molecule has 8 heteroatoms. The zero-order valence-corrected chi connectivity index (χ0v) is 17.6. The second-order valence-electron chi connectivity index (χ2n) is 6.40. The quantitative estimate of drug-likeness (QED) is 0.515. The van der Waals surface area contributed by atoms with Crippen LogP contribution >= 0.6 is 35.1 Å². The molecular formula is C20H18ClN3O2S2. The van der Waals surface area contributed by atoms with Crippen molar-refractivity contribution in [3.05, 3.63) is 53.6 Å². The second kappa shape index (κ2) is 8.59. The number of carbonyl (C=O) groups is 1. The maximum absolute atomic E-state index is 12.9. The normalized spacial score (nSPS) is 16.5. The first-order valence-corrected chi connectivity index (χ1v) is 11.1. The third-order valence-electron chi connectivity index (χ3n) is 4.36. The molecule has 1 unspecified atom stereocenters. The lowest BCUT2D eigenvalue weighted by Crippen LogP contribution is -2.33. The van der Waals surface area contributed by atoms with Crippen molar-refractivity contribution in [1.29, 1.82) is 0 Å². The van der Waals surface area contributed by atoms with Gasteiger partial charge in [-0.2, -0.15) is 0 Å². The molecule has 0 radical (unpaired) electrons. The minimum Gasteiger partial charge on any atom is -0.411 e. The van der Waals surface area contributed by atoms with Crippen molar-refractivity contribution in [3.63, 3.8) is 0 Å². The predicted molar refractivity (Wildman–Crippen MR) is 114 cm³/mol. The largest absolute Gasteiger partial charge is 0.411 e. The van der Waals surface area contributed by atoms with Gasteiger partial charge in [0.05, 0.1) is 11.4 Å². The Kier molecular flexibility index (Phi) is 5.94. The van der Waals surface area contributed by atoms with Gasteiger partial charge in [0.25, 0.3) is 5.22 Å². The van der Waals surface area contributed by atoms with E-state index in [0.29, 0.717) is 27.9 Å². The summed E-state index contributed by atoms with van der Waals surface area (Å²) in [5.74, 6) is 0.700. The summed E-state index contributed by atoms with van der Waals surface area (Å²) in [6.45, 7) is 2.91. The van der Waals surface area contributed by atoms with Crippen molar-refractivity contribution in [2.24, 2.45) is 0 Å². The van der Waals surface area contributed by atoms with Crippen LogP contribution < -0.4 is 4.90 Å². The lowest BCUT2D eigenvalue weighted by atomic mass is 10.2. The first-order valence-electron chi connectivity index (χ1n) is 8.88. The Morgan fingerprint density at radius 3 is 2.86 bits per heavy atom. The van der Waals surface area contributed by atoms with E-state index in [1.54, 1.807) is 12.1 Å². The first-order chi connectivity index (χ1) is 13.6. The van der Waals surface area contributed by atoms with Gasteiger partial charge < -0.3 is 9.32 Å². The van der Waals surface area contributed by atoms with Gasteiger partial charge in [0.15, 0.2) is 0 Å². The van der Waals surface area contributed by atoms with E-state index in [1.165, 1.54) is 11.8 Å². The zero-order chi connectivity index (χ0) is 19.5. The van der Waals surface area contributed by atoms with Crippen LogP contribution in [0.5, 0.6) is 0 Å². The molecule has 2 aromatic carbocycles. The zero-order valence-electron chi connectivity index (χ0n) is 15.2. The van der Waals surface area contributed by atoms with Crippen LogP contribution in [0.3, 0.4) is 0 Å². The second-order valence-corrected chi connectivity index (χ2v) is 9.24. The molecule has 0 aliphatic carbocycles. The number of aromatic nitrogens is 2. The number of hydrogen-bond donors (Lipinski definition) is 0. The molecule has 1 aromatic heterocycles. The monoisotopic (exact) mass is 431 g/mol. The van der Waals surface area contributed by atoms with E-state index in [4.69, 9.17) is 16.0 Å². The van der Waals surface area contributed by atoms with Gasteiger partial charge in [-0.1, -0.05) is 42.4 Å². The Morgan fingerprint density at radius 1 is 1.25 bits per heavy atom. The Labute approximate surface area is 176 Å². The molecule has 3 aromatic rings. The molecule has 1 amide bonds. The van der Waals surface area contributed by atoms with Crippen molar-refractivity contribution < 1.29 is 9.21 Å². The summed E-state index contributed by atoms with van der Waals surface area (Å²) in [4.78, 5) is 15.9. The molecule has 1 aliphatic heterocycles. The summed E-state index contributed by atoms with van der Waals surface area (Å²) in [7, 11) is 0. The van der Waals surface area contributed by atoms with Gasteiger partial charge in [-0.25, -0.2) is 0 Å².